The number of cyclic esters (lactones) is 1. The molecule has 1 aliphatic heterocycles. The predicted octanol–water partition coefficient (Wildman–Crippen LogP) is 4.11. The predicted molar refractivity (Wildman–Crippen MR) is 92.8 cm³/mol. The molecule has 0 aromatic carbocycles. The minimum absolute atomic E-state index is 0.0595. The van der Waals surface area contributed by atoms with E-state index in [1.807, 2.05) is 32.1 Å². The van der Waals surface area contributed by atoms with Crippen LogP contribution in [0.1, 0.15) is 46.5 Å². The summed E-state index contributed by atoms with van der Waals surface area (Å²) >= 11 is 0. The molecule has 1 aliphatic carbocycles. The average molecular weight is 316 g/mol. The molecule has 23 heavy (non-hydrogen) atoms. The Morgan fingerprint density at radius 2 is 2.22 bits per heavy atom. The van der Waals surface area contributed by atoms with Crippen LogP contribution in [0.5, 0.6) is 0 Å². The lowest BCUT2D eigenvalue weighted by Crippen LogP contribution is -2.39. The van der Waals surface area contributed by atoms with Crippen molar-refractivity contribution in [3.63, 3.8) is 0 Å². The molecule has 3 atom stereocenters. The summed E-state index contributed by atoms with van der Waals surface area (Å²) in [7, 11) is 0. The first-order valence-corrected chi connectivity index (χ1v) is 8.39. The van der Waals surface area contributed by atoms with E-state index in [4.69, 9.17) is 4.74 Å². The van der Waals surface area contributed by atoms with Crippen molar-refractivity contribution in [3.8, 4) is 0 Å². The van der Waals surface area contributed by atoms with Gasteiger partial charge in [0.1, 0.15) is 0 Å². The van der Waals surface area contributed by atoms with Gasteiger partial charge in [-0.1, -0.05) is 41.5 Å². The molecule has 0 unspecified atom stereocenters. The van der Waals surface area contributed by atoms with Gasteiger partial charge in [0.15, 0.2) is 5.60 Å². The molecule has 2 aliphatic rings. The van der Waals surface area contributed by atoms with Gasteiger partial charge in [-0.25, -0.2) is 0 Å². The van der Waals surface area contributed by atoms with Crippen molar-refractivity contribution < 1.29 is 14.6 Å². The van der Waals surface area contributed by atoms with Crippen molar-refractivity contribution in [2.45, 2.75) is 52.1 Å². The lowest BCUT2D eigenvalue weighted by Gasteiger charge is -2.30. The highest BCUT2D eigenvalue weighted by Gasteiger charge is 2.54. The van der Waals surface area contributed by atoms with Crippen LogP contribution >= 0.6 is 0 Å². The van der Waals surface area contributed by atoms with Crippen molar-refractivity contribution in [3.05, 3.63) is 47.6 Å². The van der Waals surface area contributed by atoms with Crippen LogP contribution in [0.3, 0.4) is 0 Å². The summed E-state index contributed by atoms with van der Waals surface area (Å²) in [4.78, 5) is 12.5. The molecule has 0 amide bonds. The summed E-state index contributed by atoms with van der Waals surface area (Å²) in [6.45, 7) is 10.1. The third-order valence-electron chi connectivity index (χ3n) is 4.88. The molecule has 126 valence electrons. The van der Waals surface area contributed by atoms with E-state index in [2.05, 4.69) is 19.6 Å². The highest BCUT2D eigenvalue weighted by molar-refractivity contribution is 5.79. The van der Waals surface area contributed by atoms with E-state index in [0.717, 1.165) is 36.8 Å². The molecule has 0 spiro atoms. The SMILES string of the molecule is C=C1CC/C=C(\C)CC[C@H]2[C@H]1C(=O)O[C@@]2(/C=C/C=C(C)C)CO. The van der Waals surface area contributed by atoms with E-state index in [1.165, 1.54) is 5.57 Å². The molecular formula is C20H28O3. The number of rotatable bonds is 3. The zero-order valence-electron chi connectivity index (χ0n) is 14.5. The zero-order valence-corrected chi connectivity index (χ0v) is 14.5. The van der Waals surface area contributed by atoms with Crippen LogP contribution in [0.2, 0.25) is 0 Å². The van der Waals surface area contributed by atoms with Crippen LogP contribution in [0.15, 0.2) is 47.6 Å². The molecule has 1 N–H and O–H groups in total. The Bertz CT molecular complexity index is 563. The van der Waals surface area contributed by atoms with Crippen LogP contribution in [-0.4, -0.2) is 23.3 Å². The van der Waals surface area contributed by atoms with Gasteiger partial charge >= 0.3 is 5.97 Å². The Balaban J connectivity index is 2.38. The molecule has 1 heterocycles. The second kappa shape index (κ2) is 7.31. The van der Waals surface area contributed by atoms with Gasteiger partial charge in [0, 0.05) is 5.92 Å². The second-order valence-corrected chi connectivity index (χ2v) is 7.01. The molecule has 3 heteroatoms. The number of hydrogen-bond donors (Lipinski definition) is 1. The number of esters is 1. The lowest BCUT2D eigenvalue weighted by molar-refractivity contribution is -0.149. The Hall–Kier alpha value is -1.61. The van der Waals surface area contributed by atoms with Crippen molar-refractivity contribution in [2.24, 2.45) is 11.8 Å². The number of allylic oxidation sites excluding steroid dienone is 5. The highest BCUT2D eigenvalue weighted by Crippen LogP contribution is 2.46. The first-order valence-electron chi connectivity index (χ1n) is 8.39. The summed E-state index contributed by atoms with van der Waals surface area (Å²) in [5.74, 6) is -0.607. The van der Waals surface area contributed by atoms with Gasteiger partial charge in [-0.05, 0) is 52.5 Å². The molecule has 0 radical (unpaired) electrons. The molecular weight excluding hydrogens is 288 g/mol. The Labute approximate surface area is 139 Å². The van der Waals surface area contributed by atoms with Gasteiger partial charge in [-0.3, -0.25) is 4.79 Å². The standard InChI is InChI=1S/C20H28O3/c1-14(2)7-6-12-20(13-21)17-11-10-15(3)8-5-9-16(4)18(17)19(22)23-20/h6-8,12,17-18,21H,4-5,9-11,13H2,1-3H3/b12-6+,15-8+/t17-,18-,20-/m0/s1. The first kappa shape index (κ1) is 17.7. The normalized spacial score (nSPS) is 34.0. The molecule has 3 nitrogen and oxygen atoms in total. The van der Waals surface area contributed by atoms with E-state index < -0.39 is 5.60 Å². The maximum atomic E-state index is 12.5. The monoisotopic (exact) mass is 316 g/mol. The fraction of sp³-hybridized carbons (Fsp3) is 0.550. The van der Waals surface area contributed by atoms with Crippen LogP contribution < -0.4 is 0 Å². The van der Waals surface area contributed by atoms with E-state index in [0.29, 0.717) is 0 Å². The first-order chi connectivity index (χ1) is 10.9. The van der Waals surface area contributed by atoms with Gasteiger partial charge in [0.25, 0.3) is 0 Å². The van der Waals surface area contributed by atoms with Crippen LogP contribution in [0.4, 0.5) is 0 Å². The van der Waals surface area contributed by atoms with E-state index in [-0.39, 0.29) is 24.4 Å². The topological polar surface area (TPSA) is 46.5 Å². The highest BCUT2D eigenvalue weighted by atomic mass is 16.6. The minimum atomic E-state index is -0.929. The molecule has 1 saturated heterocycles. The number of aliphatic hydroxyl groups is 1. The van der Waals surface area contributed by atoms with Gasteiger partial charge in [0.05, 0.1) is 12.5 Å². The summed E-state index contributed by atoms with van der Waals surface area (Å²) < 4.78 is 5.70. The summed E-state index contributed by atoms with van der Waals surface area (Å²) in [5.41, 5.74) is 2.49. The van der Waals surface area contributed by atoms with Crippen LogP contribution in [-0.2, 0) is 9.53 Å². The fourth-order valence-electron chi connectivity index (χ4n) is 3.54. The Morgan fingerprint density at radius 1 is 1.48 bits per heavy atom. The lowest BCUT2D eigenvalue weighted by atomic mass is 9.74. The molecule has 0 bridgehead atoms. The Morgan fingerprint density at radius 3 is 2.87 bits per heavy atom. The fourth-order valence-corrected chi connectivity index (χ4v) is 3.54. The van der Waals surface area contributed by atoms with Crippen molar-refractivity contribution >= 4 is 5.97 Å². The third-order valence-corrected chi connectivity index (χ3v) is 4.88. The number of carbonyl (C=O) groups excluding carboxylic acids is 1. The van der Waals surface area contributed by atoms with Gasteiger partial charge in [-0.15, -0.1) is 0 Å². The summed E-state index contributed by atoms with van der Waals surface area (Å²) in [5, 5.41) is 10.0. The van der Waals surface area contributed by atoms with Gasteiger partial charge in [-0.2, -0.15) is 0 Å². The van der Waals surface area contributed by atoms with Crippen LogP contribution in [0.25, 0.3) is 0 Å². The van der Waals surface area contributed by atoms with E-state index >= 15 is 0 Å². The van der Waals surface area contributed by atoms with E-state index in [9.17, 15) is 9.90 Å². The molecule has 2 rings (SSSR count). The molecule has 0 aromatic heterocycles. The van der Waals surface area contributed by atoms with Gasteiger partial charge < -0.3 is 9.84 Å². The molecule has 0 aromatic rings. The zero-order chi connectivity index (χ0) is 17.0. The maximum Gasteiger partial charge on any atom is 0.314 e. The number of ether oxygens (including phenoxy) is 1. The number of aliphatic hydroxyl groups excluding tert-OH is 1. The summed E-state index contributed by atoms with van der Waals surface area (Å²) in [6, 6.07) is 0. The molecule has 1 fully saturated rings. The number of fused-ring (bicyclic) bond motifs is 1. The van der Waals surface area contributed by atoms with E-state index in [1.54, 1.807) is 0 Å². The summed E-state index contributed by atoms with van der Waals surface area (Å²) in [6.07, 6.45) is 11.4. The Kier molecular flexibility index (Phi) is 5.64. The minimum Gasteiger partial charge on any atom is -0.452 e. The number of hydrogen-bond acceptors (Lipinski definition) is 3. The maximum absolute atomic E-state index is 12.5. The third kappa shape index (κ3) is 3.84. The van der Waals surface area contributed by atoms with Crippen molar-refractivity contribution in [1.29, 1.82) is 0 Å². The van der Waals surface area contributed by atoms with Crippen molar-refractivity contribution in [1.82, 2.24) is 0 Å². The quantitative estimate of drug-likeness (QED) is 0.484. The van der Waals surface area contributed by atoms with Crippen molar-refractivity contribution in [2.75, 3.05) is 6.61 Å². The average Bonchev–Trinajstić information content (AvgIpc) is 2.79. The number of carbonyl (C=O) groups is 1. The smallest absolute Gasteiger partial charge is 0.314 e. The second-order valence-electron chi connectivity index (χ2n) is 7.01. The van der Waals surface area contributed by atoms with Gasteiger partial charge in [0.2, 0.25) is 0 Å². The molecule has 0 saturated carbocycles. The van der Waals surface area contributed by atoms with Crippen LogP contribution in [0, 0.1) is 11.8 Å². The largest absolute Gasteiger partial charge is 0.452 e.